The number of piperidine rings is 1. The maximum atomic E-state index is 11.6. The predicted octanol–water partition coefficient (Wildman–Crippen LogP) is 3.31. The second-order valence-electron chi connectivity index (χ2n) is 13.4. The minimum atomic E-state index is -1.14. The van der Waals surface area contributed by atoms with Crippen LogP contribution in [0.1, 0.15) is 78.6 Å². The van der Waals surface area contributed by atoms with Crippen molar-refractivity contribution in [2.75, 3.05) is 13.2 Å². The molecule has 2 heterocycles. The first-order chi connectivity index (χ1) is 15.2. The lowest BCUT2D eigenvalue weighted by Crippen LogP contribution is -2.68. The minimum Gasteiger partial charge on any atom is -0.396 e. The lowest BCUT2D eigenvalue weighted by Gasteiger charge is -2.62. The molecule has 0 aromatic rings. The molecule has 4 saturated carbocycles. The summed E-state index contributed by atoms with van der Waals surface area (Å²) < 4.78 is 6.64. The first-order valence-corrected chi connectivity index (χ1v) is 13.6. The Morgan fingerprint density at radius 3 is 2.56 bits per heavy atom. The monoisotopic (exact) mass is 447 g/mol. The normalized spacial score (nSPS) is 61.7. The van der Waals surface area contributed by atoms with E-state index in [4.69, 9.17) is 4.74 Å². The molecule has 5 nitrogen and oxygen atoms in total. The van der Waals surface area contributed by atoms with E-state index in [-0.39, 0.29) is 30.8 Å². The van der Waals surface area contributed by atoms with E-state index >= 15 is 0 Å². The van der Waals surface area contributed by atoms with Crippen LogP contribution in [0.2, 0.25) is 0 Å². The van der Waals surface area contributed by atoms with Gasteiger partial charge in [-0.3, -0.25) is 0 Å². The van der Waals surface area contributed by atoms with Crippen LogP contribution in [0.4, 0.5) is 0 Å². The summed E-state index contributed by atoms with van der Waals surface area (Å²) in [6, 6.07) is -0.0343. The SMILES string of the molecule is C[C@H]1[C@H]2[C@H](C[C@H]3[C@@H]4CC[C@H]5C[C@@H](O)CC[C@]5(C)[C@H]4CC[C@]23C)O[C@]2(O)CC(CO)CN[C@@H]12. The zero-order valence-electron chi connectivity index (χ0n) is 20.3. The van der Waals surface area contributed by atoms with Gasteiger partial charge in [0.1, 0.15) is 0 Å². The Balaban J connectivity index is 1.29. The maximum Gasteiger partial charge on any atom is 0.182 e. The van der Waals surface area contributed by atoms with Crippen molar-refractivity contribution >= 4 is 0 Å². The molecule has 182 valence electrons. The average molecular weight is 448 g/mol. The Bertz CT molecular complexity index is 747. The molecule has 5 heteroatoms. The highest BCUT2D eigenvalue weighted by Gasteiger charge is 2.67. The summed E-state index contributed by atoms with van der Waals surface area (Å²) in [5.74, 6) is 2.72. The summed E-state index contributed by atoms with van der Waals surface area (Å²) in [4.78, 5) is 0. The van der Waals surface area contributed by atoms with E-state index in [0.29, 0.717) is 40.9 Å². The predicted molar refractivity (Wildman–Crippen MR) is 123 cm³/mol. The third-order valence-electron chi connectivity index (χ3n) is 12.1. The fourth-order valence-electron chi connectivity index (χ4n) is 10.7. The van der Waals surface area contributed by atoms with E-state index in [1.165, 1.54) is 32.1 Å². The van der Waals surface area contributed by atoms with Gasteiger partial charge in [-0.2, -0.15) is 0 Å². The van der Waals surface area contributed by atoms with E-state index in [1.807, 2.05) is 0 Å². The Kier molecular flexibility index (Phi) is 5.15. The first kappa shape index (κ1) is 22.3. The molecular formula is C27H45NO4. The zero-order valence-corrected chi connectivity index (χ0v) is 20.3. The van der Waals surface area contributed by atoms with Crippen LogP contribution in [0.15, 0.2) is 0 Å². The molecule has 32 heavy (non-hydrogen) atoms. The zero-order chi connectivity index (χ0) is 22.5. The second kappa shape index (κ2) is 7.40. The summed E-state index contributed by atoms with van der Waals surface area (Å²) in [5.41, 5.74) is 0.686. The fourth-order valence-corrected chi connectivity index (χ4v) is 10.7. The first-order valence-electron chi connectivity index (χ1n) is 13.6. The minimum absolute atomic E-state index is 0.0343. The number of hydrogen-bond donors (Lipinski definition) is 4. The number of fused-ring (bicyclic) bond motifs is 8. The van der Waals surface area contributed by atoms with Gasteiger partial charge < -0.3 is 25.4 Å². The summed E-state index contributed by atoms with van der Waals surface area (Å²) in [5, 5.41) is 35.2. The summed E-state index contributed by atoms with van der Waals surface area (Å²) in [7, 11) is 0. The van der Waals surface area contributed by atoms with Crippen molar-refractivity contribution in [3.05, 3.63) is 0 Å². The summed E-state index contributed by atoms with van der Waals surface area (Å²) in [6.45, 7) is 8.33. The van der Waals surface area contributed by atoms with Gasteiger partial charge in [0.25, 0.3) is 0 Å². The molecule has 4 aliphatic carbocycles. The van der Waals surface area contributed by atoms with Gasteiger partial charge in [0.15, 0.2) is 5.79 Å². The third-order valence-corrected chi connectivity index (χ3v) is 12.1. The van der Waals surface area contributed by atoms with E-state index in [9.17, 15) is 15.3 Å². The molecule has 0 aromatic heterocycles. The molecule has 2 saturated heterocycles. The molecule has 13 atom stereocenters. The molecular weight excluding hydrogens is 402 g/mol. The Morgan fingerprint density at radius 1 is 1.00 bits per heavy atom. The second-order valence-corrected chi connectivity index (χ2v) is 13.4. The van der Waals surface area contributed by atoms with Crippen LogP contribution in [-0.4, -0.2) is 52.5 Å². The Morgan fingerprint density at radius 2 is 1.78 bits per heavy atom. The number of ether oxygens (including phenoxy) is 1. The van der Waals surface area contributed by atoms with Gasteiger partial charge in [-0.1, -0.05) is 20.8 Å². The number of aliphatic hydroxyl groups excluding tert-OH is 2. The molecule has 4 N–H and O–H groups in total. The van der Waals surface area contributed by atoms with Crippen molar-refractivity contribution in [1.29, 1.82) is 0 Å². The van der Waals surface area contributed by atoms with Crippen LogP contribution in [0.3, 0.4) is 0 Å². The molecule has 0 aromatic carbocycles. The lowest BCUT2D eigenvalue weighted by atomic mass is 9.44. The third kappa shape index (κ3) is 2.93. The standard InChI is InChI=1S/C27H45NO4/c1-15-23-22(32-27(31)12-16(14-29)13-28-24(15)27)11-21-19-5-4-17-10-18(30)6-8-25(17,2)20(19)7-9-26(21,23)3/h15-24,28-31H,4-14H2,1-3H3/t15-,16?,17-,18-,19+,20-,21-,22-,23-,24-,25-,26-,27+/m0/s1. The highest BCUT2D eigenvalue weighted by Crippen LogP contribution is 2.70. The van der Waals surface area contributed by atoms with E-state index < -0.39 is 5.79 Å². The smallest absolute Gasteiger partial charge is 0.182 e. The van der Waals surface area contributed by atoms with Crippen LogP contribution in [0.5, 0.6) is 0 Å². The maximum absolute atomic E-state index is 11.6. The van der Waals surface area contributed by atoms with Gasteiger partial charge in [0.2, 0.25) is 0 Å². The van der Waals surface area contributed by atoms with Gasteiger partial charge in [0, 0.05) is 19.6 Å². The highest BCUT2D eigenvalue weighted by molar-refractivity contribution is 5.15. The average Bonchev–Trinajstić information content (AvgIpc) is 3.05. The van der Waals surface area contributed by atoms with Crippen LogP contribution in [-0.2, 0) is 4.74 Å². The molecule has 0 radical (unpaired) electrons. The van der Waals surface area contributed by atoms with Gasteiger partial charge in [-0.15, -0.1) is 0 Å². The van der Waals surface area contributed by atoms with Crippen LogP contribution < -0.4 is 5.32 Å². The van der Waals surface area contributed by atoms with Crippen LogP contribution in [0.25, 0.3) is 0 Å². The quantitative estimate of drug-likeness (QED) is 0.496. The van der Waals surface area contributed by atoms with E-state index in [0.717, 1.165) is 37.6 Å². The van der Waals surface area contributed by atoms with Crippen LogP contribution >= 0.6 is 0 Å². The molecule has 0 amide bonds. The van der Waals surface area contributed by atoms with Crippen molar-refractivity contribution in [3.63, 3.8) is 0 Å². The van der Waals surface area contributed by atoms with E-state index in [2.05, 4.69) is 26.1 Å². The molecule has 1 unspecified atom stereocenters. The van der Waals surface area contributed by atoms with Crippen molar-refractivity contribution in [3.8, 4) is 0 Å². The van der Waals surface area contributed by atoms with Crippen LogP contribution in [0, 0.1) is 52.3 Å². The Hall–Kier alpha value is -0.200. The fraction of sp³-hybridized carbons (Fsp3) is 1.00. The van der Waals surface area contributed by atoms with Gasteiger partial charge in [-0.05, 0) is 104 Å². The van der Waals surface area contributed by atoms with Gasteiger partial charge in [0.05, 0.1) is 18.2 Å². The highest BCUT2D eigenvalue weighted by atomic mass is 16.6. The van der Waals surface area contributed by atoms with Gasteiger partial charge >= 0.3 is 0 Å². The molecule has 0 spiro atoms. The Labute approximate surface area is 193 Å². The lowest BCUT2D eigenvalue weighted by molar-refractivity contribution is -0.312. The number of nitrogens with one attached hydrogen (secondary N) is 1. The molecule has 6 aliphatic rings. The molecule has 0 bridgehead atoms. The van der Waals surface area contributed by atoms with Crippen molar-refractivity contribution < 1.29 is 20.1 Å². The largest absolute Gasteiger partial charge is 0.396 e. The number of rotatable bonds is 1. The van der Waals surface area contributed by atoms with Crippen molar-refractivity contribution in [2.45, 2.75) is 103 Å². The van der Waals surface area contributed by atoms with Crippen molar-refractivity contribution in [2.24, 2.45) is 52.3 Å². The van der Waals surface area contributed by atoms with Gasteiger partial charge in [-0.25, -0.2) is 0 Å². The van der Waals surface area contributed by atoms with E-state index in [1.54, 1.807) is 0 Å². The number of hydrogen-bond acceptors (Lipinski definition) is 5. The summed E-state index contributed by atoms with van der Waals surface area (Å²) in [6.07, 6.45) is 10.1. The topological polar surface area (TPSA) is 82.0 Å². The number of aliphatic hydroxyl groups is 3. The molecule has 6 rings (SSSR count). The summed E-state index contributed by atoms with van der Waals surface area (Å²) >= 11 is 0. The molecule has 6 fully saturated rings. The molecule has 2 aliphatic heterocycles. The van der Waals surface area contributed by atoms with Crippen molar-refractivity contribution in [1.82, 2.24) is 5.32 Å².